The number of methoxy groups -OCH3 is 2. The van der Waals surface area contributed by atoms with E-state index in [4.69, 9.17) is 9.47 Å². The van der Waals surface area contributed by atoms with E-state index in [2.05, 4.69) is 15.9 Å². The summed E-state index contributed by atoms with van der Waals surface area (Å²) < 4.78 is 10.00. The zero-order valence-electron chi connectivity index (χ0n) is 13.0. The van der Waals surface area contributed by atoms with Crippen molar-refractivity contribution in [3.05, 3.63) is 29.8 Å². The highest BCUT2D eigenvalue weighted by Gasteiger charge is 2.20. The summed E-state index contributed by atoms with van der Waals surface area (Å²) in [5.41, 5.74) is 1.19. The van der Waals surface area contributed by atoms with Crippen molar-refractivity contribution in [1.29, 1.82) is 0 Å². The highest BCUT2D eigenvalue weighted by Crippen LogP contribution is 2.16. The first kappa shape index (κ1) is 18.6. The van der Waals surface area contributed by atoms with Crippen molar-refractivity contribution in [2.45, 2.75) is 24.1 Å². The van der Waals surface area contributed by atoms with Gasteiger partial charge in [-0.3, -0.25) is 14.5 Å². The first-order chi connectivity index (χ1) is 10.6. The van der Waals surface area contributed by atoms with E-state index in [0.717, 1.165) is 23.5 Å². The summed E-state index contributed by atoms with van der Waals surface area (Å²) in [5, 5.41) is 0. The Morgan fingerprint density at radius 2 is 2.00 bits per heavy atom. The van der Waals surface area contributed by atoms with Crippen LogP contribution in [0.1, 0.15) is 18.4 Å². The summed E-state index contributed by atoms with van der Waals surface area (Å²) in [7, 11) is 3.17. The Morgan fingerprint density at radius 3 is 2.55 bits per heavy atom. The largest absolute Gasteiger partial charge is 0.497 e. The number of carbonyl (C=O) groups excluding carboxylic acids is 2. The SMILES string of the molecule is COCCN(C=O)C(=O)C(Br)CCCc1ccc(OC)cc1. The highest BCUT2D eigenvalue weighted by atomic mass is 79.9. The lowest BCUT2D eigenvalue weighted by atomic mass is 10.1. The van der Waals surface area contributed by atoms with Gasteiger partial charge in [-0.25, -0.2) is 0 Å². The van der Waals surface area contributed by atoms with Gasteiger partial charge in [0.1, 0.15) is 5.75 Å². The molecule has 0 radical (unpaired) electrons. The van der Waals surface area contributed by atoms with Gasteiger partial charge in [0.15, 0.2) is 0 Å². The molecular weight excluding hydrogens is 350 g/mol. The summed E-state index contributed by atoms with van der Waals surface area (Å²) in [6.45, 7) is 0.620. The molecule has 6 heteroatoms. The minimum atomic E-state index is -0.354. The Morgan fingerprint density at radius 1 is 1.32 bits per heavy atom. The molecule has 1 unspecified atom stereocenters. The quantitative estimate of drug-likeness (QED) is 0.468. The fraction of sp³-hybridized carbons (Fsp3) is 0.500. The third-order valence-corrected chi connectivity index (χ3v) is 4.15. The van der Waals surface area contributed by atoms with Gasteiger partial charge in [0, 0.05) is 7.11 Å². The fourth-order valence-electron chi connectivity index (χ4n) is 1.99. The first-order valence-electron chi connectivity index (χ1n) is 7.14. The molecule has 0 spiro atoms. The monoisotopic (exact) mass is 371 g/mol. The predicted molar refractivity (Wildman–Crippen MR) is 88.3 cm³/mol. The summed E-state index contributed by atoms with van der Waals surface area (Å²) >= 11 is 3.36. The van der Waals surface area contributed by atoms with Crippen LogP contribution in [-0.4, -0.2) is 49.4 Å². The van der Waals surface area contributed by atoms with Crippen LogP contribution in [0.5, 0.6) is 5.75 Å². The Kier molecular flexibility index (Phi) is 8.77. The van der Waals surface area contributed by atoms with Crippen molar-refractivity contribution in [2.75, 3.05) is 27.4 Å². The van der Waals surface area contributed by atoms with Crippen LogP contribution in [0.4, 0.5) is 0 Å². The van der Waals surface area contributed by atoms with Crippen LogP contribution in [0.15, 0.2) is 24.3 Å². The number of rotatable bonds is 10. The molecule has 1 atom stereocenters. The number of halogens is 1. The molecular formula is C16H22BrNO4. The number of hydrogen-bond donors (Lipinski definition) is 0. The van der Waals surface area contributed by atoms with Crippen molar-refractivity contribution in [2.24, 2.45) is 0 Å². The molecule has 0 bridgehead atoms. The number of benzene rings is 1. The van der Waals surface area contributed by atoms with E-state index in [1.807, 2.05) is 24.3 Å². The summed E-state index contributed by atoms with van der Waals surface area (Å²) in [6.07, 6.45) is 2.95. The number of aryl methyl sites for hydroxylation is 1. The molecule has 0 N–H and O–H groups in total. The van der Waals surface area contributed by atoms with Crippen LogP contribution < -0.4 is 4.74 Å². The van der Waals surface area contributed by atoms with Gasteiger partial charge in [-0.1, -0.05) is 28.1 Å². The molecule has 0 heterocycles. The molecule has 0 saturated heterocycles. The standard InChI is InChI=1S/C16H22BrNO4/c1-21-11-10-18(12-19)16(20)15(17)5-3-4-13-6-8-14(22-2)9-7-13/h6-9,12,15H,3-5,10-11H2,1-2H3. The maximum absolute atomic E-state index is 12.1. The number of nitrogens with zero attached hydrogens (tertiary/aromatic N) is 1. The highest BCUT2D eigenvalue weighted by molar-refractivity contribution is 9.10. The van der Waals surface area contributed by atoms with Crippen LogP contribution in [0, 0.1) is 0 Å². The second-order valence-corrected chi connectivity index (χ2v) is 5.94. The maximum atomic E-state index is 12.1. The van der Waals surface area contributed by atoms with Crippen molar-refractivity contribution < 1.29 is 19.1 Å². The molecule has 0 aliphatic heterocycles. The second-order valence-electron chi connectivity index (χ2n) is 4.84. The molecule has 0 fully saturated rings. The third kappa shape index (κ3) is 6.15. The zero-order chi connectivity index (χ0) is 16.4. The van der Waals surface area contributed by atoms with E-state index >= 15 is 0 Å². The van der Waals surface area contributed by atoms with E-state index in [-0.39, 0.29) is 17.3 Å². The number of hydrogen-bond acceptors (Lipinski definition) is 4. The van der Waals surface area contributed by atoms with Crippen LogP contribution in [-0.2, 0) is 20.7 Å². The minimum absolute atomic E-state index is 0.221. The molecule has 5 nitrogen and oxygen atoms in total. The van der Waals surface area contributed by atoms with E-state index in [1.165, 1.54) is 12.7 Å². The number of imide groups is 1. The Hall–Kier alpha value is -1.40. The van der Waals surface area contributed by atoms with Gasteiger partial charge in [-0.2, -0.15) is 0 Å². The van der Waals surface area contributed by atoms with Gasteiger partial charge < -0.3 is 9.47 Å². The van der Waals surface area contributed by atoms with Gasteiger partial charge in [0.05, 0.1) is 25.1 Å². The Labute approximate surface area is 139 Å². The van der Waals surface area contributed by atoms with Gasteiger partial charge in [0.25, 0.3) is 0 Å². The first-order valence-corrected chi connectivity index (χ1v) is 8.05. The average Bonchev–Trinajstić information content (AvgIpc) is 2.55. The van der Waals surface area contributed by atoms with E-state index < -0.39 is 0 Å². The molecule has 0 aliphatic carbocycles. The molecule has 0 aromatic heterocycles. The summed E-state index contributed by atoms with van der Waals surface area (Å²) in [6, 6.07) is 7.87. The van der Waals surface area contributed by atoms with E-state index in [1.54, 1.807) is 7.11 Å². The molecule has 1 aromatic rings. The van der Waals surface area contributed by atoms with E-state index in [9.17, 15) is 9.59 Å². The lowest BCUT2D eigenvalue weighted by molar-refractivity contribution is -0.138. The maximum Gasteiger partial charge on any atom is 0.242 e. The molecule has 22 heavy (non-hydrogen) atoms. The lowest BCUT2D eigenvalue weighted by Gasteiger charge is -2.18. The van der Waals surface area contributed by atoms with Crippen LogP contribution in [0.2, 0.25) is 0 Å². The van der Waals surface area contributed by atoms with Crippen LogP contribution >= 0.6 is 15.9 Å². The van der Waals surface area contributed by atoms with Gasteiger partial charge in [-0.15, -0.1) is 0 Å². The Balaban J connectivity index is 2.38. The Bertz CT molecular complexity index is 464. The van der Waals surface area contributed by atoms with Gasteiger partial charge in [0.2, 0.25) is 12.3 Å². The lowest BCUT2D eigenvalue weighted by Crippen LogP contribution is -2.37. The number of carbonyl (C=O) groups is 2. The zero-order valence-corrected chi connectivity index (χ0v) is 14.5. The fourth-order valence-corrected chi connectivity index (χ4v) is 2.57. The molecule has 2 amide bonds. The predicted octanol–water partition coefficient (Wildman–Crippen LogP) is 2.41. The van der Waals surface area contributed by atoms with Gasteiger partial charge in [-0.05, 0) is 37.0 Å². The molecule has 1 rings (SSSR count). The van der Waals surface area contributed by atoms with Crippen molar-refractivity contribution >= 4 is 28.2 Å². The normalized spacial score (nSPS) is 11.8. The van der Waals surface area contributed by atoms with Crippen LogP contribution in [0.3, 0.4) is 0 Å². The van der Waals surface area contributed by atoms with Crippen molar-refractivity contribution in [3.63, 3.8) is 0 Å². The van der Waals surface area contributed by atoms with Gasteiger partial charge >= 0.3 is 0 Å². The molecule has 0 saturated carbocycles. The summed E-state index contributed by atoms with van der Waals surface area (Å²) in [5.74, 6) is 0.610. The smallest absolute Gasteiger partial charge is 0.242 e. The van der Waals surface area contributed by atoms with E-state index in [0.29, 0.717) is 19.4 Å². The topological polar surface area (TPSA) is 55.8 Å². The second kappa shape index (κ2) is 10.3. The minimum Gasteiger partial charge on any atom is -0.497 e. The van der Waals surface area contributed by atoms with Crippen LogP contribution in [0.25, 0.3) is 0 Å². The number of amides is 2. The third-order valence-electron chi connectivity index (χ3n) is 3.30. The average molecular weight is 372 g/mol. The molecule has 122 valence electrons. The molecule has 0 aliphatic rings. The summed E-state index contributed by atoms with van der Waals surface area (Å²) in [4.78, 5) is 23.8. The van der Waals surface area contributed by atoms with Crippen molar-refractivity contribution in [1.82, 2.24) is 4.90 Å². The number of ether oxygens (including phenoxy) is 2. The number of alkyl halides is 1. The van der Waals surface area contributed by atoms with Crippen molar-refractivity contribution in [3.8, 4) is 5.75 Å². The molecule has 1 aromatic carbocycles.